The minimum absolute atomic E-state index is 0.0434. The maximum atomic E-state index is 13.1. The standard InChI is InChI=1S/C26H22ClNO4/c1-2-32-21-10-6-9-19(15-21)24(29)22-23(18-11-13-20(27)14-12-18)28(26(31)25(22)30)16-17-7-4-3-5-8-17/h3-15,23,29H,2,16H2,1H3/b24-22+. The van der Waals surface area contributed by atoms with E-state index in [-0.39, 0.29) is 17.9 Å². The Hall–Kier alpha value is -3.57. The molecular weight excluding hydrogens is 426 g/mol. The number of hydrogen-bond acceptors (Lipinski definition) is 4. The molecule has 1 heterocycles. The van der Waals surface area contributed by atoms with Crippen LogP contribution in [0.5, 0.6) is 5.75 Å². The van der Waals surface area contributed by atoms with E-state index in [1.165, 1.54) is 4.90 Å². The molecule has 0 saturated carbocycles. The van der Waals surface area contributed by atoms with Crippen LogP contribution in [0.2, 0.25) is 5.02 Å². The Kier molecular flexibility index (Phi) is 6.28. The highest BCUT2D eigenvalue weighted by Crippen LogP contribution is 2.40. The number of nitrogens with zero attached hydrogens (tertiary/aromatic N) is 1. The Bertz CT molecular complexity index is 1170. The number of likely N-dealkylation sites (tertiary alicyclic amines) is 1. The summed E-state index contributed by atoms with van der Waals surface area (Å²) in [7, 11) is 0. The summed E-state index contributed by atoms with van der Waals surface area (Å²) in [5.74, 6) is -1.05. The molecule has 32 heavy (non-hydrogen) atoms. The van der Waals surface area contributed by atoms with Crippen molar-refractivity contribution in [3.05, 3.63) is 106 Å². The number of Topliss-reactive ketones (excluding diaryl/α,β-unsaturated/α-hetero) is 1. The van der Waals surface area contributed by atoms with Crippen LogP contribution >= 0.6 is 11.6 Å². The molecule has 1 saturated heterocycles. The van der Waals surface area contributed by atoms with Crippen LogP contribution < -0.4 is 4.74 Å². The third-order valence-electron chi connectivity index (χ3n) is 5.34. The van der Waals surface area contributed by atoms with Crippen LogP contribution in [0, 0.1) is 0 Å². The molecule has 0 aromatic heterocycles. The first-order valence-corrected chi connectivity index (χ1v) is 10.7. The first-order chi connectivity index (χ1) is 15.5. The normalized spacial score (nSPS) is 17.6. The fraction of sp³-hybridized carbons (Fsp3) is 0.154. The average Bonchev–Trinajstić information content (AvgIpc) is 3.05. The molecule has 3 aromatic rings. The van der Waals surface area contributed by atoms with Crippen molar-refractivity contribution in [1.29, 1.82) is 0 Å². The molecule has 3 aromatic carbocycles. The maximum absolute atomic E-state index is 13.1. The van der Waals surface area contributed by atoms with Crippen LogP contribution in [0.1, 0.15) is 29.7 Å². The highest BCUT2D eigenvalue weighted by atomic mass is 35.5. The van der Waals surface area contributed by atoms with Crippen LogP contribution in [-0.2, 0) is 16.1 Å². The predicted octanol–water partition coefficient (Wildman–Crippen LogP) is 5.36. The van der Waals surface area contributed by atoms with Crippen molar-refractivity contribution < 1.29 is 19.4 Å². The number of carbonyl (C=O) groups is 2. The van der Waals surface area contributed by atoms with Gasteiger partial charge in [0.05, 0.1) is 18.2 Å². The molecule has 1 unspecified atom stereocenters. The third kappa shape index (κ3) is 4.25. The van der Waals surface area contributed by atoms with Gasteiger partial charge < -0.3 is 14.7 Å². The number of ether oxygens (including phenoxy) is 1. The topological polar surface area (TPSA) is 66.8 Å². The maximum Gasteiger partial charge on any atom is 0.295 e. The smallest absolute Gasteiger partial charge is 0.295 e. The van der Waals surface area contributed by atoms with Gasteiger partial charge in [-0.05, 0) is 42.3 Å². The zero-order valence-electron chi connectivity index (χ0n) is 17.5. The van der Waals surface area contributed by atoms with E-state index in [4.69, 9.17) is 16.3 Å². The van der Waals surface area contributed by atoms with Gasteiger partial charge in [-0.15, -0.1) is 0 Å². The van der Waals surface area contributed by atoms with Crippen LogP contribution in [0.25, 0.3) is 5.76 Å². The summed E-state index contributed by atoms with van der Waals surface area (Å²) in [6.07, 6.45) is 0. The summed E-state index contributed by atoms with van der Waals surface area (Å²) in [6.45, 7) is 2.56. The van der Waals surface area contributed by atoms with E-state index in [1.807, 2.05) is 37.3 Å². The van der Waals surface area contributed by atoms with E-state index in [9.17, 15) is 14.7 Å². The van der Waals surface area contributed by atoms with Crippen LogP contribution in [0.3, 0.4) is 0 Å². The van der Waals surface area contributed by atoms with E-state index < -0.39 is 17.7 Å². The molecule has 1 N–H and O–H groups in total. The highest BCUT2D eigenvalue weighted by molar-refractivity contribution is 6.46. The Morgan fingerprint density at radius 2 is 1.72 bits per heavy atom. The molecule has 1 aliphatic rings. The van der Waals surface area contributed by atoms with Gasteiger partial charge in [-0.2, -0.15) is 0 Å². The third-order valence-corrected chi connectivity index (χ3v) is 5.59. The average molecular weight is 448 g/mol. The van der Waals surface area contributed by atoms with Gasteiger partial charge in [0.15, 0.2) is 0 Å². The first-order valence-electron chi connectivity index (χ1n) is 10.3. The van der Waals surface area contributed by atoms with Crippen molar-refractivity contribution in [2.45, 2.75) is 19.5 Å². The minimum atomic E-state index is -0.747. The second-order valence-electron chi connectivity index (χ2n) is 7.42. The second-order valence-corrected chi connectivity index (χ2v) is 7.86. The lowest BCUT2D eigenvalue weighted by Gasteiger charge is -2.25. The first kappa shape index (κ1) is 21.7. The quantitative estimate of drug-likeness (QED) is 0.314. The fourth-order valence-corrected chi connectivity index (χ4v) is 4.00. The number of benzene rings is 3. The molecular formula is C26H22ClNO4. The lowest BCUT2D eigenvalue weighted by molar-refractivity contribution is -0.140. The Balaban J connectivity index is 1.84. The monoisotopic (exact) mass is 447 g/mol. The Morgan fingerprint density at radius 1 is 1.00 bits per heavy atom. The summed E-state index contributed by atoms with van der Waals surface area (Å²) in [6, 6.07) is 22.5. The zero-order chi connectivity index (χ0) is 22.7. The van der Waals surface area contributed by atoms with Crippen molar-refractivity contribution in [2.24, 2.45) is 0 Å². The SMILES string of the molecule is CCOc1cccc(/C(O)=C2\C(=O)C(=O)N(Cc3ccccc3)C2c2ccc(Cl)cc2)c1. The molecule has 5 nitrogen and oxygen atoms in total. The molecule has 1 aliphatic heterocycles. The van der Waals surface area contributed by atoms with Gasteiger partial charge in [0.2, 0.25) is 0 Å². The summed E-state index contributed by atoms with van der Waals surface area (Å²) in [5.41, 5.74) is 2.02. The summed E-state index contributed by atoms with van der Waals surface area (Å²) in [4.78, 5) is 27.7. The van der Waals surface area contributed by atoms with Gasteiger partial charge in [0.25, 0.3) is 11.7 Å². The van der Waals surface area contributed by atoms with E-state index in [0.717, 1.165) is 5.56 Å². The van der Waals surface area contributed by atoms with E-state index in [1.54, 1.807) is 48.5 Å². The summed E-state index contributed by atoms with van der Waals surface area (Å²) < 4.78 is 5.52. The number of rotatable bonds is 6. The molecule has 1 amide bonds. The number of hydrogen-bond donors (Lipinski definition) is 1. The number of amides is 1. The van der Waals surface area contributed by atoms with Crippen LogP contribution in [0.4, 0.5) is 0 Å². The Labute approximate surface area is 191 Å². The van der Waals surface area contributed by atoms with Gasteiger partial charge in [0.1, 0.15) is 11.5 Å². The van der Waals surface area contributed by atoms with Crippen molar-refractivity contribution in [1.82, 2.24) is 4.90 Å². The molecule has 1 fully saturated rings. The second kappa shape index (κ2) is 9.28. The highest BCUT2D eigenvalue weighted by Gasteiger charge is 2.46. The molecule has 0 radical (unpaired) electrons. The number of ketones is 1. The van der Waals surface area contributed by atoms with Gasteiger partial charge >= 0.3 is 0 Å². The van der Waals surface area contributed by atoms with Gasteiger partial charge in [0, 0.05) is 17.1 Å². The molecule has 0 aliphatic carbocycles. The van der Waals surface area contributed by atoms with E-state index in [2.05, 4.69) is 0 Å². The van der Waals surface area contributed by atoms with E-state index in [0.29, 0.717) is 28.5 Å². The lowest BCUT2D eigenvalue weighted by atomic mass is 9.95. The number of aliphatic hydroxyl groups excluding tert-OH is 1. The molecule has 162 valence electrons. The molecule has 6 heteroatoms. The lowest BCUT2D eigenvalue weighted by Crippen LogP contribution is -2.29. The van der Waals surface area contributed by atoms with Crippen molar-refractivity contribution in [2.75, 3.05) is 6.61 Å². The van der Waals surface area contributed by atoms with Gasteiger partial charge in [-0.3, -0.25) is 9.59 Å². The zero-order valence-corrected chi connectivity index (χ0v) is 18.3. The number of halogens is 1. The largest absolute Gasteiger partial charge is 0.507 e. The van der Waals surface area contributed by atoms with Crippen molar-refractivity contribution >= 4 is 29.1 Å². The van der Waals surface area contributed by atoms with Crippen molar-refractivity contribution in [3.63, 3.8) is 0 Å². The van der Waals surface area contributed by atoms with Crippen LogP contribution in [0.15, 0.2) is 84.4 Å². The Morgan fingerprint density at radius 3 is 2.41 bits per heavy atom. The van der Waals surface area contributed by atoms with Crippen LogP contribution in [-0.4, -0.2) is 28.3 Å². The van der Waals surface area contributed by atoms with E-state index >= 15 is 0 Å². The van der Waals surface area contributed by atoms with Crippen molar-refractivity contribution in [3.8, 4) is 5.75 Å². The number of aliphatic hydroxyl groups is 1. The summed E-state index contributed by atoms with van der Waals surface area (Å²) >= 11 is 6.06. The molecule has 4 rings (SSSR count). The summed E-state index contributed by atoms with van der Waals surface area (Å²) in [5, 5.41) is 11.7. The minimum Gasteiger partial charge on any atom is -0.507 e. The van der Waals surface area contributed by atoms with Gasteiger partial charge in [-0.25, -0.2) is 0 Å². The fourth-order valence-electron chi connectivity index (χ4n) is 3.87. The molecule has 1 atom stereocenters. The predicted molar refractivity (Wildman–Crippen MR) is 123 cm³/mol. The van der Waals surface area contributed by atoms with Gasteiger partial charge in [-0.1, -0.05) is 66.2 Å². The molecule has 0 spiro atoms. The molecule has 0 bridgehead atoms. The number of carbonyl (C=O) groups excluding carboxylic acids is 2.